The van der Waals surface area contributed by atoms with Crippen molar-refractivity contribution in [3.05, 3.63) is 64.7 Å². The van der Waals surface area contributed by atoms with E-state index in [4.69, 9.17) is 0 Å². The average Bonchev–Trinajstić information content (AvgIpc) is 2.94. The molecule has 144 valence electrons. The molecule has 0 unspecified atom stereocenters. The van der Waals surface area contributed by atoms with Gasteiger partial charge in [-0.15, -0.1) is 0 Å². The van der Waals surface area contributed by atoms with E-state index >= 15 is 0 Å². The molecule has 1 N–H and O–H groups in total. The summed E-state index contributed by atoms with van der Waals surface area (Å²) in [6.07, 6.45) is 0.475. The third kappa shape index (κ3) is 3.78. The van der Waals surface area contributed by atoms with Gasteiger partial charge in [0.05, 0.1) is 23.8 Å². The summed E-state index contributed by atoms with van der Waals surface area (Å²) in [7, 11) is 1.29. The first-order chi connectivity index (χ1) is 13.4. The van der Waals surface area contributed by atoms with E-state index in [9.17, 15) is 19.2 Å². The number of rotatable bonds is 6. The van der Waals surface area contributed by atoms with Gasteiger partial charge in [0.1, 0.15) is 0 Å². The number of benzene rings is 2. The van der Waals surface area contributed by atoms with Gasteiger partial charge in [-0.1, -0.05) is 18.2 Å². The lowest BCUT2D eigenvalue weighted by atomic mass is 10.1. The molecular formula is C21H20N2O5. The SMILES string of the molecule is COC(=O)c1ccc(C)c(NC(=O)CCCN2C(=O)c3ccccc3C2=O)c1. The fraction of sp³-hybridized carbons (Fsp3) is 0.238. The molecule has 0 saturated carbocycles. The Morgan fingerprint density at radius 1 is 1.04 bits per heavy atom. The maximum atomic E-state index is 12.3. The van der Waals surface area contributed by atoms with Crippen molar-refractivity contribution in [2.24, 2.45) is 0 Å². The number of hydrogen-bond acceptors (Lipinski definition) is 5. The number of amides is 3. The molecular weight excluding hydrogens is 360 g/mol. The van der Waals surface area contributed by atoms with Crippen LogP contribution in [0.25, 0.3) is 0 Å². The van der Waals surface area contributed by atoms with Crippen LogP contribution in [-0.2, 0) is 9.53 Å². The van der Waals surface area contributed by atoms with E-state index in [2.05, 4.69) is 10.1 Å². The van der Waals surface area contributed by atoms with Crippen molar-refractivity contribution < 1.29 is 23.9 Å². The van der Waals surface area contributed by atoms with Crippen LogP contribution in [-0.4, -0.2) is 42.2 Å². The number of carbonyl (C=O) groups is 4. The van der Waals surface area contributed by atoms with Gasteiger partial charge in [-0.2, -0.15) is 0 Å². The summed E-state index contributed by atoms with van der Waals surface area (Å²) in [5, 5.41) is 2.76. The van der Waals surface area contributed by atoms with Gasteiger partial charge < -0.3 is 10.1 Å². The maximum absolute atomic E-state index is 12.3. The smallest absolute Gasteiger partial charge is 0.337 e. The minimum absolute atomic E-state index is 0.134. The molecule has 0 fully saturated rings. The fourth-order valence-corrected chi connectivity index (χ4v) is 3.05. The van der Waals surface area contributed by atoms with E-state index in [1.54, 1.807) is 42.5 Å². The molecule has 0 bridgehead atoms. The van der Waals surface area contributed by atoms with Crippen molar-refractivity contribution in [2.75, 3.05) is 19.0 Å². The molecule has 7 nitrogen and oxygen atoms in total. The molecule has 0 spiro atoms. The van der Waals surface area contributed by atoms with Crippen LogP contribution >= 0.6 is 0 Å². The molecule has 1 heterocycles. The van der Waals surface area contributed by atoms with Gasteiger partial charge >= 0.3 is 5.97 Å². The molecule has 0 aromatic heterocycles. The molecule has 2 aromatic carbocycles. The lowest BCUT2D eigenvalue weighted by molar-refractivity contribution is -0.116. The topological polar surface area (TPSA) is 92.8 Å². The Labute approximate surface area is 162 Å². The molecule has 1 aliphatic rings. The van der Waals surface area contributed by atoms with E-state index in [0.717, 1.165) is 5.56 Å². The minimum atomic E-state index is -0.485. The first-order valence-electron chi connectivity index (χ1n) is 8.86. The van der Waals surface area contributed by atoms with Crippen molar-refractivity contribution in [2.45, 2.75) is 19.8 Å². The maximum Gasteiger partial charge on any atom is 0.337 e. The zero-order valence-electron chi connectivity index (χ0n) is 15.7. The number of imide groups is 1. The van der Waals surface area contributed by atoms with Crippen molar-refractivity contribution in [3.63, 3.8) is 0 Å². The van der Waals surface area contributed by atoms with Gasteiger partial charge in [0.15, 0.2) is 0 Å². The molecule has 3 amide bonds. The number of anilines is 1. The van der Waals surface area contributed by atoms with Crippen LogP contribution in [0.4, 0.5) is 5.69 Å². The molecule has 0 aliphatic carbocycles. The molecule has 2 aromatic rings. The summed E-state index contributed by atoms with van der Waals surface area (Å²) in [5.74, 6) is -1.41. The standard InChI is InChI=1S/C21H20N2O5/c1-13-9-10-14(21(27)28-2)12-17(13)22-18(24)8-5-11-23-19(25)15-6-3-4-7-16(15)20(23)26/h3-4,6-7,9-10,12H,5,8,11H2,1-2H3,(H,22,24). The van der Waals surface area contributed by atoms with Gasteiger partial charge in [0, 0.05) is 18.7 Å². The highest BCUT2D eigenvalue weighted by molar-refractivity contribution is 6.21. The van der Waals surface area contributed by atoms with Gasteiger partial charge in [0.2, 0.25) is 5.91 Å². The molecule has 0 atom stereocenters. The number of fused-ring (bicyclic) bond motifs is 1. The van der Waals surface area contributed by atoms with Gasteiger partial charge in [-0.25, -0.2) is 4.79 Å². The Morgan fingerprint density at radius 3 is 2.29 bits per heavy atom. The highest BCUT2D eigenvalue weighted by Gasteiger charge is 2.34. The lowest BCUT2D eigenvalue weighted by Crippen LogP contribution is -2.31. The Hall–Kier alpha value is -3.48. The van der Waals surface area contributed by atoms with E-state index in [1.165, 1.54) is 12.0 Å². The minimum Gasteiger partial charge on any atom is -0.465 e. The summed E-state index contributed by atoms with van der Waals surface area (Å²) in [6, 6.07) is 11.6. The highest BCUT2D eigenvalue weighted by Crippen LogP contribution is 2.23. The second kappa shape index (κ2) is 8.04. The van der Waals surface area contributed by atoms with Crippen LogP contribution in [0, 0.1) is 6.92 Å². The van der Waals surface area contributed by atoms with Crippen molar-refractivity contribution in [1.29, 1.82) is 0 Å². The Balaban J connectivity index is 1.57. The van der Waals surface area contributed by atoms with E-state index in [1.807, 2.05) is 6.92 Å². The van der Waals surface area contributed by atoms with Gasteiger partial charge in [0.25, 0.3) is 11.8 Å². The van der Waals surface area contributed by atoms with Crippen molar-refractivity contribution in [3.8, 4) is 0 Å². The first kappa shape index (κ1) is 19.3. The van der Waals surface area contributed by atoms with Gasteiger partial charge in [-0.05, 0) is 43.2 Å². The van der Waals surface area contributed by atoms with Crippen LogP contribution in [0.15, 0.2) is 42.5 Å². The third-order valence-corrected chi connectivity index (χ3v) is 4.60. The number of ether oxygens (including phenoxy) is 1. The largest absolute Gasteiger partial charge is 0.465 e. The normalized spacial score (nSPS) is 12.7. The van der Waals surface area contributed by atoms with Crippen molar-refractivity contribution in [1.82, 2.24) is 4.90 Å². The van der Waals surface area contributed by atoms with Crippen LogP contribution in [0.2, 0.25) is 0 Å². The number of methoxy groups -OCH3 is 1. The Kier molecular flexibility index (Phi) is 5.54. The number of carbonyl (C=O) groups excluding carboxylic acids is 4. The van der Waals surface area contributed by atoms with E-state index in [-0.39, 0.29) is 30.7 Å². The number of aryl methyl sites for hydroxylation is 1. The fourth-order valence-electron chi connectivity index (χ4n) is 3.05. The number of hydrogen-bond donors (Lipinski definition) is 1. The van der Waals surface area contributed by atoms with Crippen LogP contribution in [0.5, 0.6) is 0 Å². The Morgan fingerprint density at radius 2 is 1.68 bits per heavy atom. The predicted molar refractivity (Wildman–Crippen MR) is 102 cm³/mol. The highest BCUT2D eigenvalue weighted by atomic mass is 16.5. The van der Waals surface area contributed by atoms with Crippen LogP contribution in [0.3, 0.4) is 0 Å². The monoisotopic (exact) mass is 380 g/mol. The number of nitrogens with zero attached hydrogens (tertiary/aromatic N) is 1. The predicted octanol–water partition coefficient (Wildman–Crippen LogP) is 2.80. The molecule has 0 saturated heterocycles. The summed E-state index contributed by atoms with van der Waals surface area (Å²) < 4.78 is 4.68. The number of nitrogens with one attached hydrogen (secondary N) is 1. The van der Waals surface area contributed by atoms with Crippen LogP contribution < -0.4 is 5.32 Å². The second-order valence-corrected chi connectivity index (χ2v) is 6.48. The summed E-state index contributed by atoms with van der Waals surface area (Å²) in [6.45, 7) is 1.98. The molecule has 3 rings (SSSR count). The Bertz CT molecular complexity index is 932. The summed E-state index contributed by atoms with van der Waals surface area (Å²) in [4.78, 5) is 49.7. The zero-order valence-corrected chi connectivity index (χ0v) is 15.7. The van der Waals surface area contributed by atoms with Gasteiger partial charge in [-0.3, -0.25) is 19.3 Å². The third-order valence-electron chi connectivity index (χ3n) is 4.60. The number of esters is 1. The zero-order chi connectivity index (χ0) is 20.3. The van der Waals surface area contributed by atoms with E-state index in [0.29, 0.717) is 28.8 Å². The van der Waals surface area contributed by atoms with E-state index < -0.39 is 5.97 Å². The van der Waals surface area contributed by atoms with Crippen LogP contribution in [0.1, 0.15) is 49.5 Å². The molecule has 7 heteroatoms. The second-order valence-electron chi connectivity index (χ2n) is 6.48. The molecule has 0 radical (unpaired) electrons. The quantitative estimate of drug-likeness (QED) is 0.614. The molecule has 1 aliphatic heterocycles. The summed E-state index contributed by atoms with van der Waals surface area (Å²) in [5.41, 5.74) is 2.46. The average molecular weight is 380 g/mol. The molecule has 28 heavy (non-hydrogen) atoms. The van der Waals surface area contributed by atoms with Crippen molar-refractivity contribution >= 4 is 29.4 Å². The lowest BCUT2D eigenvalue weighted by Gasteiger charge is -2.14. The summed E-state index contributed by atoms with van der Waals surface area (Å²) >= 11 is 0. The first-order valence-corrected chi connectivity index (χ1v) is 8.86.